The van der Waals surface area contributed by atoms with E-state index in [9.17, 15) is 14.4 Å². The third-order valence-electron chi connectivity index (χ3n) is 7.25. The summed E-state index contributed by atoms with van der Waals surface area (Å²) in [5, 5.41) is 3.02. The molecule has 1 aromatic heterocycles. The van der Waals surface area contributed by atoms with Gasteiger partial charge in [0, 0.05) is 37.9 Å². The van der Waals surface area contributed by atoms with Gasteiger partial charge in [0.25, 0.3) is 5.91 Å². The molecule has 0 spiro atoms. The Morgan fingerprint density at radius 3 is 2.54 bits per heavy atom. The smallest absolute Gasteiger partial charge is 0.325 e. The van der Waals surface area contributed by atoms with Gasteiger partial charge in [0.05, 0.1) is 18.3 Å². The van der Waals surface area contributed by atoms with Gasteiger partial charge in [-0.2, -0.15) is 0 Å². The van der Waals surface area contributed by atoms with Crippen molar-refractivity contribution in [1.82, 2.24) is 20.1 Å². The number of carbonyl (C=O) groups is 3. The summed E-state index contributed by atoms with van der Waals surface area (Å²) >= 11 is 0. The maximum Gasteiger partial charge on any atom is 0.325 e. The van der Waals surface area contributed by atoms with Crippen LogP contribution in [-0.2, 0) is 19.9 Å². The second-order valence-corrected chi connectivity index (χ2v) is 9.35. The van der Waals surface area contributed by atoms with E-state index in [4.69, 9.17) is 4.74 Å². The molecule has 3 fully saturated rings. The number of urea groups is 1. The first-order valence-corrected chi connectivity index (χ1v) is 12.3. The van der Waals surface area contributed by atoms with Crippen LogP contribution in [0, 0.1) is 5.92 Å². The summed E-state index contributed by atoms with van der Waals surface area (Å²) in [5.41, 5.74) is 0.281. The average Bonchev–Trinajstić information content (AvgIpc) is 3.51. The van der Waals surface area contributed by atoms with Crippen molar-refractivity contribution in [2.75, 3.05) is 26.2 Å². The minimum absolute atomic E-state index is 0.0546. The van der Waals surface area contributed by atoms with Crippen LogP contribution >= 0.6 is 0 Å². The van der Waals surface area contributed by atoms with Crippen molar-refractivity contribution in [1.29, 1.82) is 0 Å². The van der Waals surface area contributed by atoms with Gasteiger partial charge in [-0.05, 0) is 49.5 Å². The molecule has 35 heavy (non-hydrogen) atoms. The first kappa shape index (κ1) is 23.2. The molecule has 0 radical (unpaired) electrons. The molecule has 5 rings (SSSR count). The lowest BCUT2D eigenvalue weighted by Crippen LogP contribution is -2.54. The maximum atomic E-state index is 13.9. The van der Waals surface area contributed by atoms with Crippen LogP contribution in [-0.4, -0.2) is 65.0 Å². The molecular weight excluding hydrogens is 444 g/mol. The fourth-order valence-electron chi connectivity index (χ4n) is 5.38. The molecule has 0 saturated carbocycles. The van der Waals surface area contributed by atoms with Crippen molar-refractivity contribution in [3.8, 4) is 0 Å². The highest BCUT2D eigenvalue weighted by molar-refractivity contribution is 6.07. The van der Waals surface area contributed by atoms with Crippen LogP contribution in [0.3, 0.4) is 0 Å². The van der Waals surface area contributed by atoms with Gasteiger partial charge in [-0.25, -0.2) is 4.79 Å². The monoisotopic (exact) mass is 474 g/mol. The van der Waals surface area contributed by atoms with Gasteiger partial charge >= 0.3 is 6.03 Å². The molecule has 182 valence electrons. The highest BCUT2D eigenvalue weighted by Gasteiger charge is 2.58. The molecule has 1 aromatic carbocycles. The minimum Gasteiger partial charge on any atom is -0.376 e. The predicted octanol–water partition coefficient (Wildman–Crippen LogP) is 2.96. The largest absolute Gasteiger partial charge is 0.376 e. The number of hydrogen-bond acceptors (Lipinski definition) is 5. The van der Waals surface area contributed by atoms with Crippen LogP contribution in [0.5, 0.6) is 0 Å². The minimum atomic E-state index is -1.23. The molecule has 8 nitrogen and oxygen atoms in total. The predicted molar refractivity (Wildman–Crippen MR) is 130 cm³/mol. The Balaban J connectivity index is 1.33. The van der Waals surface area contributed by atoms with Gasteiger partial charge in [-0.15, -0.1) is 0 Å². The Labute approximate surface area is 205 Å². The normalized spacial score (nSPS) is 25.4. The summed E-state index contributed by atoms with van der Waals surface area (Å²) < 4.78 is 5.69. The Morgan fingerprint density at radius 1 is 1.09 bits per heavy atom. The highest BCUT2D eigenvalue weighted by Crippen LogP contribution is 2.41. The van der Waals surface area contributed by atoms with Crippen molar-refractivity contribution in [2.24, 2.45) is 5.92 Å². The Kier molecular flexibility index (Phi) is 6.63. The van der Waals surface area contributed by atoms with Crippen LogP contribution in [0.25, 0.3) is 6.08 Å². The summed E-state index contributed by atoms with van der Waals surface area (Å²) in [6, 6.07) is 14.7. The topological polar surface area (TPSA) is 91.8 Å². The van der Waals surface area contributed by atoms with E-state index >= 15 is 0 Å². The van der Waals surface area contributed by atoms with Crippen LogP contribution < -0.4 is 5.32 Å². The number of nitrogens with zero attached hydrogens (tertiary/aromatic N) is 3. The fraction of sp³-hybridized carbons (Fsp3) is 0.407. The van der Waals surface area contributed by atoms with Crippen molar-refractivity contribution in [2.45, 2.75) is 37.3 Å². The summed E-state index contributed by atoms with van der Waals surface area (Å²) in [6.07, 6.45) is 7.87. The fourth-order valence-corrected chi connectivity index (χ4v) is 5.38. The Morgan fingerprint density at radius 2 is 1.86 bits per heavy atom. The van der Waals surface area contributed by atoms with Gasteiger partial charge in [-0.1, -0.05) is 36.4 Å². The molecule has 2 aromatic rings. The molecule has 4 heterocycles. The number of amides is 4. The molecule has 3 aliphatic rings. The highest BCUT2D eigenvalue weighted by atomic mass is 16.5. The van der Waals surface area contributed by atoms with Crippen molar-refractivity contribution < 1.29 is 19.1 Å². The zero-order valence-corrected chi connectivity index (χ0v) is 19.6. The molecule has 0 aliphatic carbocycles. The maximum absolute atomic E-state index is 13.9. The number of benzene rings is 1. The number of rotatable bonds is 6. The molecule has 2 unspecified atom stereocenters. The number of piperidine rings is 1. The number of aromatic nitrogens is 1. The van der Waals surface area contributed by atoms with Crippen LogP contribution in [0.1, 0.15) is 36.9 Å². The van der Waals surface area contributed by atoms with E-state index in [1.807, 2.05) is 42.5 Å². The molecule has 0 bridgehead atoms. The molecule has 1 N–H and O–H groups in total. The zero-order chi connectivity index (χ0) is 24.3. The van der Waals surface area contributed by atoms with E-state index in [1.54, 1.807) is 29.3 Å². The van der Waals surface area contributed by atoms with Gasteiger partial charge in [0.2, 0.25) is 5.91 Å². The number of carbonyl (C=O) groups excluding carboxylic acids is 3. The summed E-state index contributed by atoms with van der Waals surface area (Å²) in [4.78, 5) is 47.3. The standard InChI is InChI=1S/C27H30N4O4/c32-24(12-11-20-7-2-1-3-8-20)30-16-13-21(14-17-30)27(23-10-4-5-15-28-23)25(33)31(26(34)29-27)19-22-9-6-18-35-22/h1-5,7-8,10-12,15,21-22H,6,9,13-14,16-19H2,(H,29,34). The number of nitrogens with one attached hydrogen (secondary N) is 1. The van der Waals surface area contributed by atoms with Gasteiger partial charge in [-0.3, -0.25) is 19.5 Å². The average molecular weight is 475 g/mol. The number of imide groups is 1. The quantitative estimate of drug-likeness (QED) is 0.513. The summed E-state index contributed by atoms with van der Waals surface area (Å²) in [7, 11) is 0. The molecule has 8 heteroatoms. The van der Waals surface area contributed by atoms with E-state index in [1.165, 1.54) is 4.90 Å². The molecule has 3 aliphatic heterocycles. The number of likely N-dealkylation sites (tertiary alicyclic amines) is 1. The molecule has 2 atom stereocenters. The number of hydrogen-bond donors (Lipinski definition) is 1. The molecular formula is C27H30N4O4. The second-order valence-electron chi connectivity index (χ2n) is 9.35. The first-order chi connectivity index (χ1) is 17.1. The summed E-state index contributed by atoms with van der Waals surface area (Å²) in [5.74, 6) is -0.503. The van der Waals surface area contributed by atoms with Gasteiger partial charge in [0.15, 0.2) is 5.54 Å². The van der Waals surface area contributed by atoms with Crippen molar-refractivity contribution in [3.63, 3.8) is 0 Å². The molecule has 4 amide bonds. The first-order valence-electron chi connectivity index (χ1n) is 12.3. The van der Waals surface area contributed by atoms with Crippen molar-refractivity contribution in [3.05, 3.63) is 72.1 Å². The van der Waals surface area contributed by atoms with Crippen LogP contribution in [0.2, 0.25) is 0 Å². The zero-order valence-electron chi connectivity index (χ0n) is 19.6. The van der Waals surface area contributed by atoms with E-state index in [0.717, 1.165) is 18.4 Å². The van der Waals surface area contributed by atoms with E-state index in [-0.39, 0.29) is 30.4 Å². The van der Waals surface area contributed by atoms with E-state index < -0.39 is 11.6 Å². The van der Waals surface area contributed by atoms with Crippen LogP contribution in [0.4, 0.5) is 4.79 Å². The van der Waals surface area contributed by atoms with Gasteiger partial charge in [0.1, 0.15) is 0 Å². The lowest BCUT2D eigenvalue weighted by molar-refractivity contribution is -0.136. The van der Waals surface area contributed by atoms with Crippen molar-refractivity contribution >= 4 is 23.9 Å². The third kappa shape index (κ3) is 4.58. The SMILES string of the molecule is O=C(C=Cc1ccccc1)N1CCC(C2(c3ccccn3)NC(=O)N(CC3CCCO3)C2=O)CC1. The lowest BCUT2D eigenvalue weighted by atomic mass is 9.75. The lowest BCUT2D eigenvalue weighted by Gasteiger charge is -2.40. The van der Waals surface area contributed by atoms with Crippen LogP contribution in [0.15, 0.2) is 60.8 Å². The van der Waals surface area contributed by atoms with E-state index in [2.05, 4.69) is 10.3 Å². The Bertz CT molecular complexity index is 1090. The molecule has 3 saturated heterocycles. The number of ether oxygens (including phenoxy) is 1. The van der Waals surface area contributed by atoms with E-state index in [0.29, 0.717) is 38.2 Å². The summed E-state index contributed by atoms with van der Waals surface area (Å²) in [6.45, 7) is 1.92. The second kappa shape index (κ2) is 10.00. The Hall–Kier alpha value is -3.52. The number of pyridine rings is 1. The van der Waals surface area contributed by atoms with Gasteiger partial charge < -0.3 is 15.0 Å². The third-order valence-corrected chi connectivity index (χ3v) is 7.25.